The molecule has 0 spiro atoms. The van der Waals surface area contributed by atoms with Crippen molar-refractivity contribution in [1.82, 2.24) is 10.2 Å². The Kier molecular flexibility index (Phi) is 6.61. The van der Waals surface area contributed by atoms with Crippen molar-refractivity contribution < 1.29 is 9.47 Å². The number of likely N-dealkylation sites (tertiary alicyclic amines) is 1. The predicted molar refractivity (Wildman–Crippen MR) is 92.9 cm³/mol. The van der Waals surface area contributed by atoms with Gasteiger partial charge in [0.2, 0.25) is 0 Å². The van der Waals surface area contributed by atoms with Crippen LogP contribution >= 0.6 is 0 Å². The third-order valence-corrected chi connectivity index (χ3v) is 3.69. The van der Waals surface area contributed by atoms with E-state index in [1.54, 1.807) is 7.11 Å². The number of nitrogens with zero attached hydrogens (tertiary/aromatic N) is 2. The Morgan fingerprint density at radius 1 is 1.35 bits per heavy atom. The van der Waals surface area contributed by atoms with Crippen molar-refractivity contribution in [3.05, 3.63) is 23.8 Å². The number of nitrogens with one attached hydrogen (secondary N) is 1. The highest BCUT2D eigenvalue weighted by Gasteiger charge is 2.15. The molecular formula is C18H25N3O2. The van der Waals surface area contributed by atoms with Gasteiger partial charge in [-0.2, -0.15) is 0 Å². The molecule has 1 aromatic rings. The monoisotopic (exact) mass is 315 g/mol. The Bertz CT molecular complexity index is 572. The number of rotatable bonds is 6. The minimum atomic E-state index is 0.222. The van der Waals surface area contributed by atoms with Crippen molar-refractivity contribution in [1.29, 1.82) is 0 Å². The highest BCUT2D eigenvalue weighted by Crippen LogP contribution is 2.28. The molecule has 0 unspecified atom stereocenters. The zero-order valence-corrected chi connectivity index (χ0v) is 14.0. The maximum Gasteiger partial charge on any atom is 0.194 e. The first-order valence-corrected chi connectivity index (χ1v) is 8.05. The second kappa shape index (κ2) is 8.94. The molecule has 1 N–H and O–H groups in total. The van der Waals surface area contributed by atoms with Crippen LogP contribution in [0.3, 0.4) is 0 Å². The number of ether oxygens (including phenoxy) is 2. The summed E-state index contributed by atoms with van der Waals surface area (Å²) in [7, 11) is 1.62. The number of aliphatic imine (C=N–C) groups is 1. The van der Waals surface area contributed by atoms with Crippen LogP contribution in [0.1, 0.15) is 25.3 Å². The second-order valence-corrected chi connectivity index (χ2v) is 5.34. The van der Waals surface area contributed by atoms with E-state index in [4.69, 9.17) is 20.9 Å². The summed E-state index contributed by atoms with van der Waals surface area (Å²) < 4.78 is 10.8. The first kappa shape index (κ1) is 17.0. The summed E-state index contributed by atoms with van der Waals surface area (Å²) >= 11 is 0. The molecular weight excluding hydrogens is 290 g/mol. The third-order valence-electron chi connectivity index (χ3n) is 3.69. The fourth-order valence-corrected chi connectivity index (χ4v) is 2.57. The van der Waals surface area contributed by atoms with E-state index in [0.717, 1.165) is 31.2 Å². The Balaban J connectivity index is 2.10. The van der Waals surface area contributed by atoms with Gasteiger partial charge in [0.05, 0.1) is 13.7 Å². The lowest BCUT2D eigenvalue weighted by Crippen LogP contribution is -2.39. The van der Waals surface area contributed by atoms with Crippen LogP contribution in [0.5, 0.6) is 11.5 Å². The molecule has 0 aliphatic carbocycles. The summed E-state index contributed by atoms with van der Waals surface area (Å²) in [6.45, 7) is 5.92. The highest BCUT2D eigenvalue weighted by atomic mass is 16.5. The Hall–Kier alpha value is -2.35. The van der Waals surface area contributed by atoms with Crippen molar-refractivity contribution in [2.24, 2.45) is 4.99 Å². The number of hydrogen-bond donors (Lipinski definition) is 1. The van der Waals surface area contributed by atoms with Gasteiger partial charge in [-0.3, -0.25) is 0 Å². The van der Waals surface area contributed by atoms with Gasteiger partial charge in [-0.1, -0.05) is 12.0 Å². The van der Waals surface area contributed by atoms with Crippen molar-refractivity contribution in [2.45, 2.75) is 26.3 Å². The van der Waals surface area contributed by atoms with Crippen molar-refractivity contribution in [2.75, 3.05) is 33.4 Å². The molecule has 0 radical (unpaired) electrons. The molecule has 1 aliphatic heterocycles. The van der Waals surface area contributed by atoms with E-state index in [2.05, 4.69) is 23.1 Å². The fourth-order valence-electron chi connectivity index (χ4n) is 2.57. The van der Waals surface area contributed by atoms with E-state index in [1.807, 2.05) is 18.2 Å². The smallest absolute Gasteiger partial charge is 0.194 e. The zero-order valence-electron chi connectivity index (χ0n) is 14.0. The molecule has 23 heavy (non-hydrogen) atoms. The normalized spacial score (nSPS) is 14.5. The average molecular weight is 315 g/mol. The largest absolute Gasteiger partial charge is 0.493 e. The van der Waals surface area contributed by atoms with Crippen LogP contribution in [0, 0.1) is 12.3 Å². The number of guanidine groups is 1. The Morgan fingerprint density at radius 3 is 2.78 bits per heavy atom. The van der Waals surface area contributed by atoms with Gasteiger partial charge in [0.15, 0.2) is 17.5 Å². The van der Waals surface area contributed by atoms with Crippen LogP contribution in [0.15, 0.2) is 23.2 Å². The van der Waals surface area contributed by atoms with E-state index in [0.29, 0.717) is 18.0 Å². The number of terminal acetylenes is 1. The van der Waals surface area contributed by atoms with Crippen LogP contribution in [0.4, 0.5) is 0 Å². The van der Waals surface area contributed by atoms with Gasteiger partial charge in [-0.15, -0.1) is 6.42 Å². The van der Waals surface area contributed by atoms with Crippen LogP contribution in [0.25, 0.3) is 0 Å². The van der Waals surface area contributed by atoms with E-state index in [9.17, 15) is 0 Å². The molecule has 1 aliphatic rings. The molecule has 0 bridgehead atoms. The Morgan fingerprint density at radius 2 is 2.13 bits per heavy atom. The van der Waals surface area contributed by atoms with Crippen molar-refractivity contribution in [3.63, 3.8) is 0 Å². The molecule has 5 nitrogen and oxygen atoms in total. The summed E-state index contributed by atoms with van der Waals surface area (Å²) in [4.78, 5) is 7.05. The molecule has 1 fully saturated rings. The maximum atomic E-state index is 5.54. The van der Waals surface area contributed by atoms with Gasteiger partial charge in [-0.05, 0) is 37.5 Å². The van der Waals surface area contributed by atoms with Crippen LogP contribution < -0.4 is 14.8 Å². The third kappa shape index (κ3) is 4.82. The zero-order chi connectivity index (χ0) is 16.5. The first-order valence-electron chi connectivity index (χ1n) is 8.05. The number of methoxy groups -OCH3 is 1. The quantitative estimate of drug-likeness (QED) is 0.497. The molecule has 124 valence electrons. The summed E-state index contributed by atoms with van der Waals surface area (Å²) in [6.07, 6.45) is 7.72. The topological polar surface area (TPSA) is 46.1 Å². The van der Waals surface area contributed by atoms with Crippen molar-refractivity contribution in [3.8, 4) is 23.8 Å². The molecule has 0 atom stereocenters. The second-order valence-electron chi connectivity index (χ2n) is 5.34. The molecule has 1 saturated heterocycles. The van der Waals surface area contributed by atoms with Crippen LogP contribution in [0.2, 0.25) is 0 Å². The van der Waals surface area contributed by atoms with Gasteiger partial charge in [0.25, 0.3) is 0 Å². The molecule has 1 heterocycles. The number of benzene rings is 1. The molecule has 0 saturated carbocycles. The lowest BCUT2D eigenvalue weighted by molar-refractivity contribution is 0.330. The minimum Gasteiger partial charge on any atom is -0.493 e. The van der Waals surface area contributed by atoms with E-state index < -0.39 is 0 Å². The summed E-state index contributed by atoms with van der Waals surface area (Å²) in [5, 5.41) is 3.36. The lowest BCUT2D eigenvalue weighted by atomic mass is 10.2. The van der Waals surface area contributed by atoms with Gasteiger partial charge in [0.1, 0.15) is 6.61 Å². The molecule has 5 heteroatoms. The predicted octanol–water partition coefficient (Wildman–Crippen LogP) is 2.27. The Labute approximate surface area is 138 Å². The minimum absolute atomic E-state index is 0.222. The molecule has 0 aromatic heterocycles. The standard InChI is InChI=1S/C18H25N3O2/c1-4-12-23-17-13-15(8-9-16(17)22-3)14-20-18(19-5-2)21-10-6-7-11-21/h1,8-9,13H,5-7,10-12,14H2,2-3H3,(H,19,20). The van der Waals surface area contributed by atoms with Gasteiger partial charge in [0, 0.05) is 19.6 Å². The van der Waals surface area contributed by atoms with Gasteiger partial charge >= 0.3 is 0 Å². The summed E-state index contributed by atoms with van der Waals surface area (Å²) in [5.74, 6) is 4.78. The van der Waals surface area contributed by atoms with Gasteiger partial charge in [-0.25, -0.2) is 4.99 Å². The highest BCUT2D eigenvalue weighted by molar-refractivity contribution is 5.80. The first-order chi connectivity index (χ1) is 11.3. The molecule has 1 aromatic carbocycles. The summed E-state index contributed by atoms with van der Waals surface area (Å²) in [6, 6.07) is 5.82. The maximum absolute atomic E-state index is 5.54. The summed E-state index contributed by atoms with van der Waals surface area (Å²) in [5.41, 5.74) is 1.06. The van der Waals surface area contributed by atoms with E-state index in [1.165, 1.54) is 12.8 Å². The van der Waals surface area contributed by atoms with Gasteiger partial charge < -0.3 is 19.7 Å². The fraction of sp³-hybridized carbons (Fsp3) is 0.500. The lowest BCUT2D eigenvalue weighted by Gasteiger charge is -2.20. The number of hydrogen-bond acceptors (Lipinski definition) is 3. The van der Waals surface area contributed by atoms with E-state index in [-0.39, 0.29) is 6.61 Å². The van der Waals surface area contributed by atoms with Crippen molar-refractivity contribution >= 4 is 5.96 Å². The SMILES string of the molecule is C#CCOc1cc(CN=C(NCC)N2CCCC2)ccc1OC. The molecule has 0 amide bonds. The average Bonchev–Trinajstić information content (AvgIpc) is 3.11. The molecule has 2 rings (SSSR count). The van der Waals surface area contributed by atoms with Crippen LogP contribution in [-0.4, -0.2) is 44.2 Å². The van der Waals surface area contributed by atoms with Crippen LogP contribution in [-0.2, 0) is 6.54 Å². The van der Waals surface area contributed by atoms with E-state index >= 15 is 0 Å².